The number of hydrogen-bond donors (Lipinski definition) is 2. The number of benzene rings is 2. The van der Waals surface area contributed by atoms with Crippen molar-refractivity contribution in [3.8, 4) is 0 Å². The van der Waals surface area contributed by atoms with Gasteiger partial charge in [-0.1, -0.05) is 44.5 Å². The average Bonchev–Trinajstić information content (AvgIpc) is 2.46. The molecule has 0 bridgehead atoms. The van der Waals surface area contributed by atoms with Gasteiger partial charge in [-0.05, 0) is 29.3 Å². The molecule has 2 aromatic rings. The van der Waals surface area contributed by atoms with Gasteiger partial charge in [0.25, 0.3) is 0 Å². The summed E-state index contributed by atoms with van der Waals surface area (Å²) in [7, 11) is 0. The summed E-state index contributed by atoms with van der Waals surface area (Å²) in [6.45, 7) is 3.86. The Labute approximate surface area is 123 Å². The molecule has 1 unspecified atom stereocenters. The summed E-state index contributed by atoms with van der Waals surface area (Å²) < 4.78 is 0. The number of anilines is 1. The Kier molecular flexibility index (Phi) is 4.58. The van der Waals surface area contributed by atoms with Gasteiger partial charge < -0.3 is 10.4 Å². The summed E-state index contributed by atoms with van der Waals surface area (Å²) in [5, 5.41) is 13.8. The molecule has 110 valence electrons. The van der Waals surface area contributed by atoms with Crippen molar-refractivity contribution in [3.63, 3.8) is 0 Å². The van der Waals surface area contributed by atoms with Gasteiger partial charge in [-0.25, -0.2) is 4.79 Å². The number of nitrogens with one attached hydrogen (secondary N) is 1. The predicted molar refractivity (Wildman–Crippen MR) is 83.6 cm³/mol. The van der Waals surface area contributed by atoms with Crippen molar-refractivity contribution < 1.29 is 14.7 Å². The Hall–Kier alpha value is -2.36. The van der Waals surface area contributed by atoms with Crippen molar-refractivity contribution in [2.75, 3.05) is 5.32 Å². The highest BCUT2D eigenvalue weighted by atomic mass is 16.4. The third kappa shape index (κ3) is 3.40. The van der Waals surface area contributed by atoms with Gasteiger partial charge in [0.1, 0.15) is 0 Å². The number of amides is 1. The Morgan fingerprint density at radius 1 is 1.19 bits per heavy atom. The van der Waals surface area contributed by atoms with Crippen LogP contribution in [0.1, 0.15) is 37.0 Å². The molecule has 0 spiro atoms. The largest absolute Gasteiger partial charge is 0.478 e. The number of hydrogen-bond acceptors (Lipinski definition) is 2. The maximum Gasteiger partial charge on any atom is 0.337 e. The number of aromatic carboxylic acids is 1. The Morgan fingerprint density at radius 2 is 1.81 bits per heavy atom. The van der Waals surface area contributed by atoms with Crippen molar-refractivity contribution in [1.29, 1.82) is 0 Å². The molecule has 0 radical (unpaired) electrons. The fourth-order valence-corrected chi connectivity index (χ4v) is 2.34. The van der Waals surface area contributed by atoms with Gasteiger partial charge in [0.2, 0.25) is 5.91 Å². The fourth-order valence-electron chi connectivity index (χ4n) is 2.34. The molecule has 0 aliphatic carbocycles. The van der Waals surface area contributed by atoms with E-state index in [0.29, 0.717) is 5.69 Å². The van der Waals surface area contributed by atoms with Crippen LogP contribution in [0, 0.1) is 5.92 Å². The molecule has 21 heavy (non-hydrogen) atoms. The molecule has 0 aliphatic rings. The summed E-state index contributed by atoms with van der Waals surface area (Å²) in [5.41, 5.74) is 0.472. The molecule has 0 heterocycles. The van der Waals surface area contributed by atoms with E-state index in [9.17, 15) is 14.7 Å². The predicted octanol–water partition coefficient (Wildman–Crippen LogP) is 3.91. The van der Waals surface area contributed by atoms with E-state index in [4.69, 9.17) is 0 Å². The van der Waals surface area contributed by atoms with Gasteiger partial charge in [-0.2, -0.15) is 0 Å². The molecule has 1 atom stereocenters. The van der Waals surface area contributed by atoms with Crippen molar-refractivity contribution >= 4 is 28.3 Å². The molecule has 2 N–H and O–H groups in total. The summed E-state index contributed by atoms with van der Waals surface area (Å²) in [6.07, 6.45) is 1.69. The average molecular weight is 285 g/mol. The van der Waals surface area contributed by atoms with Crippen LogP contribution in [0.3, 0.4) is 0 Å². The Balaban J connectivity index is 2.39. The Bertz CT molecular complexity index is 679. The quantitative estimate of drug-likeness (QED) is 0.875. The van der Waals surface area contributed by atoms with Gasteiger partial charge >= 0.3 is 5.97 Å². The lowest BCUT2D eigenvalue weighted by Gasteiger charge is -2.14. The molecule has 4 heteroatoms. The van der Waals surface area contributed by atoms with E-state index in [1.165, 1.54) is 0 Å². The topological polar surface area (TPSA) is 66.4 Å². The van der Waals surface area contributed by atoms with Crippen molar-refractivity contribution in [2.24, 2.45) is 5.92 Å². The minimum absolute atomic E-state index is 0.116. The lowest BCUT2D eigenvalue weighted by atomic mass is 10.0. The number of fused-ring (bicyclic) bond motifs is 1. The SMILES string of the molecule is CCCC(C)C(=O)Nc1cc2ccccc2cc1C(=O)O. The molecule has 0 aromatic heterocycles. The number of rotatable bonds is 5. The zero-order valence-corrected chi connectivity index (χ0v) is 12.2. The van der Waals surface area contributed by atoms with Crippen LogP contribution in [-0.4, -0.2) is 17.0 Å². The van der Waals surface area contributed by atoms with E-state index in [1.807, 2.05) is 38.1 Å². The summed E-state index contributed by atoms with van der Waals surface area (Å²) in [4.78, 5) is 23.5. The number of carbonyl (C=O) groups excluding carboxylic acids is 1. The second-order valence-corrected chi connectivity index (χ2v) is 5.23. The van der Waals surface area contributed by atoms with Crippen molar-refractivity contribution in [2.45, 2.75) is 26.7 Å². The third-order valence-corrected chi connectivity index (χ3v) is 3.54. The molecule has 0 aliphatic heterocycles. The number of carboxylic acids is 1. The maximum absolute atomic E-state index is 12.1. The first-order valence-corrected chi connectivity index (χ1v) is 7.10. The van der Waals surface area contributed by atoms with Crippen LogP contribution in [0.25, 0.3) is 10.8 Å². The lowest BCUT2D eigenvalue weighted by Crippen LogP contribution is -2.21. The normalized spacial score (nSPS) is 12.1. The van der Waals surface area contributed by atoms with Crippen LogP contribution in [0.5, 0.6) is 0 Å². The zero-order chi connectivity index (χ0) is 15.4. The van der Waals surface area contributed by atoms with Crippen LogP contribution in [0.4, 0.5) is 5.69 Å². The smallest absolute Gasteiger partial charge is 0.337 e. The molecule has 0 saturated heterocycles. The molecule has 2 aromatic carbocycles. The molecule has 0 fully saturated rings. The van der Waals surface area contributed by atoms with Crippen LogP contribution >= 0.6 is 0 Å². The second-order valence-electron chi connectivity index (χ2n) is 5.23. The monoisotopic (exact) mass is 285 g/mol. The maximum atomic E-state index is 12.1. The zero-order valence-electron chi connectivity index (χ0n) is 12.2. The number of carbonyl (C=O) groups is 2. The standard InChI is InChI=1S/C17H19NO3/c1-3-6-11(2)16(19)18-15-10-13-8-5-4-7-12(13)9-14(15)17(20)21/h4-5,7-11H,3,6H2,1-2H3,(H,18,19)(H,20,21). The van der Waals surface area contributed by atoms with Crippen molar-refractivity contribution in [1.82, 2.24) is 0 Å². The summed E-state index contributed by atoms with van der Waals surface area (Å²) in [5.74, 6) is -1.32. The lowest BCUT2D eigenvalue weighted by molar-refractivity contribution is -0.119. The van der Waals surface area contributed by atoms with Gasteiger partial charge in [0.05, 0.1) is 11.3 Å². The number of carboxylic acid groups (broad SMARTS) is 1. The minimum Gasteiger partial charge on any atom is -0.478 e. The van der Waals surface area contributed by atoms with Crippen molar-refractivity contribution in [3.05, 3.63) is 42.0 Å². The van der Waals surface area contributed by atoms with Crippen LogP contribution in [0.2, 0.25) is 0 Å². The molecule has 4 nitrogen and oxygen atoms in total. The van der Waals surface area contributed by atoms with E-state index >= 15 is 0 Å². The summed E-state index contributed by atoms with van der Waals surface area (Å²) in [6, 6.07) is 10.8. The van der Waals surface area contributed by atoms with E-state index in [1.54, 1.807) is 12.1 Å². The highest BCUT2D eigenvalue weighted by Crippen LogP contribution is 2.25. The van der Waals surface area contributed by atoms with Gasteiger partial charge in [0, 0.05) is 5.92 Å². The highest BCUT2D eigenvalue weighted by molar-refractivity contribution is 6.05. The first-order valence-electron chi connectivity index (χ1n) is 7.10. The first kappa shape index (κ1) is 15.0. The highest BCUT2D eigenvalue weighted by Gasteiger charge is 2.17. The fraction of sp³-hybridized carbons (Fsp3) is 0.294. The summed E-state index contributed by atoms with van der Waals surface area (Å²) >= 11 is 0. The molecule has 1 amide bonds. The van der Waals surface area contributed by atoms with Crippen LogP contribution in [0.15, 0.2) is 36.4 Å². The van der Waals surface area contributed by atoms with Crippen LogP contribution < -0.4 is 5.32 Å². The van der Waals surface area contributed by atoms with E-state index in [2.05, 4.69) is 5.32 Å². The first-order chi connectivity index (χ1) is 10.0. The third-order valence-electron chi connectivity index (χ3n) is 3.54. The molecular formula is C17H19NO3. The van der Waals surface area contributed by atoms with E-state index in [0.717, 1.165) is 23.6 Å². The van der Waals surface area contributed by atoms with Crippen LogP contribution in [-0.2, 0) is 4.79 Å². The molecular weight excluding hydrogens is 266 g/mol. The Morgan fingerprint density at radius 3 is 2.38 bits per heavy atom. The van der Waals surface area contributed by atoms with E-state index < -0.39 is 5.97 Å². The van der Waals surface area contributed by atoms with E-state index in [-0.39, 0.29) is 17.4 Å². The van der Waals surface area contributed by atoms with Gasteiger partial charge in [0.15, 0.2) is 0 Å². The molecule has 0 saturated carbocycles. The van der Waals surface area contributed by atoms with Gasteiger partial charge in [-0.3, -0.25) is 4.79 Å². The molecule has 2 rings (SSSR count). The minimum atomic E-state index is -1.04. The second kappa shape index (κ2) is 6.39. The van der Waals surface area contributed by atoms with Gasteiger partial charge in [-0.15, -0.1) is 0 Å².